The number of likely N-dealkylation sites (tertiary alicyclic amines) is 2. The van der Waals surface area contributed by atoms with Crippen LogP contribution in [-0.2, 0) is 12.6 Å². The highest BCUT2D eigenvalue weighted by atomic mass is 19.4. The van der Waals surface area contributed by atoms with Gasteiger partial charge in [0.25, 0.3) is 5.91 Å². The molecule has 0 bridgehead atoms. The van der Waals surface area contributed by atoms with Crippen molar-refractivity contribution in [2.45, 2.75) is 31.4 Å². The maximum absolute atomic E-state index is 13.4. The first-order valence-corrected chi connectivity index (χ1v) is 12.6. The van der Waals surface area contributed by atoms with Crippen molar-refractivity contribution >= 4 is 5.91 Å². The lowest BCUT2D eigenvalue weighted by Crippen LogP contribution is -2.39. The maximum Gasteiger partial charge on any atom is 0.416 e. The van der Waals surface area contributed by atoms with Gasteiger partial charge in [-0.15, -0.1) is 0 Å². The summed E-state index contributed by atoms with van der Waals surface area (Å²) in [5.41, 5.74) is 1.36. The normalized spacial score (nSPS) is 21.7. The fourth-order valence-corrected chi connectivity index (χ4v) is 5.75. The molecule has 2 aliphatic rings. The molecule has 0 aliphatic carbocycles. The van der Waals surface area contributed by atoms with Gasteiger partial charge in [0.05, 0.1) is 11.8 Å². The van der Waals surface area contributed by atoms with Gasteiger partial charge in [0.2, 0.25) is 0 Å². The Morgan fingerprint density at radius 2 is 1.72 bits per heavy atom. The Labute approximate surface area is 209 Å². The lowest BCUT2D eigenvalue weighted by Gasteiger charge is -2.34. The summed E-state index contributed by atoms with van der Waals surface area (Å²) < 4.78 is 45.6. The van der Waals surface area contributed by atoms with Gasteiger partial charge in [-0.1, -0.05) is 48.5 Å². The van der Waals surface area contributed by atoms with E-state index in [2.05, 4.69) is 29.2 Å². The van der Waals surface area contributed by atoms with E-state index in [1.165, 1.54) is 24.0 Å². The number of amides is 1. The summed E-state index contributed by atoms with van der Waals surface area (Å²) in [6.07, 6.45) is 0.352. The molecule has 4 nitrogen and oxygen atoms in total. The molecule has 5 rings (SSSR count). The van der Waals surface area contributed by atoms with Crippen LogP contribution in [0.4, 0.5) is 13.2 Å². The second kappa shape index (κ2) is 10.5. The number of piperidine rings is 1. The summed E-state index contributed by atoms with van der Waals surface area (Å²) in [7, 11) is 0. The first-order chi connectivity index (χ1) is 17.4. The fourth-order valence-electron chi connectivity index (χ4n) is 5.75. The van der Waals surface area contributed by atoms with Crippen LogP contribution >= 0.6 is 0 Å². The van der Waals surface area contributed by atoms with Gasteiger partial charge in [-0.2, -0.15) is 13.2 Å². The minimum Gasteiger partial charge on any atom is -0.459 e. The zero-order valence-corrected chi connectivity index (χ0v) is 20.2. The van der Waals surface area contributed by atoms with E-state index in [-0.39, 0.29) is 23.5 Å². The number of hydrogen-bond acceptors (Lipinski definition) is 3. The predicted octanol–water partition coefficient (Wildman–Crippen LogP) is 6.11. The summed E-state index contributed by atoms with van der Waals surface area (Å²) in [6, 6.07) is 19.4. The van der Waals surface area contributed by atoms with Gasteiger partial charge in [-0.25, -0.2) is 0 Å². The molecule has 190 valence electrons. The first kappa shape index (κ1) is 24.6. The number of benzene rings is 2. The van der Waals surface area contributed by atoms with E-state index < -0.39 is 11.7 Å². The number of halogens is 3. The average molecular weight is 497 g/mol. The van der Waals surface area contributed by atoms with Crippen LogP contribution in [-0.4, -0.2) is 48.4 Å². The zero-order chi connectivity index (χ0) is 25.1. The number of carbonyl (C=O) groups is 1. The quantitative estimate of drug-likeness (QED) is 0.413. The lowest BCUT2D eigenvalue weighted by molar-refractivity contribution is -0.137. The van der Waals surface area contributed by atoms with Crippen LogP contribution in [0.1, 0.15) is 46.0 Å². The van der Waals surface area contributed by atoms with Gasteiger partial charge in [0.1, 0.15) is 0 Å². The van der Waals surface area contributed by atoms with Gasteiger partial charge in [0.15, 0.2) is 5.76 Å². The third-order valence-corrected chi connectivity index (χ3v) is 7.67. The highest BCUT2D eigenvalue weighted by molar-refractivity contribution is 5.91. The molecule has 36 heavy (non-hydrogen) atoms. The minimum atomic E-state index is -4.39. The molecule has 2 fully saturated rings. The van der Waals surface area contributed by atoms with Gasteiger partial charge in [-0.3, -0.25) is 4.79 Å². The van der Waals surface area contributed by atoms with Crippen molar-refractivity contribution < 1.29 is 22.4 Å². The van der Waals surface area contributed by atoms with Crippen molar-refractivity contribution in [2.75, 3.05) is 32.7 Å². The third-order valence-electron chi connectivity index (χ3n) is 7.67. The molecule has 2 unspecified atom stereocenters. The molecular formula is C29H31F3N2O2. The van der Waals surface area contributed by atoms with Gasteiger partial charge in [-0.05, 0) is 73.5 Å². The van der Waals surface area contributed by atoms with Crippen molar-refractivity contribution in [1.82, 2.24) is 9.80 Å². The standard InChI is InChI=1S/C29H31F3N2O2/c30-29(31,32)25-9-4-8-23(17-25)26-20-34(28(35)27-10-5-15-36-27)19-24(26)18-33-13-11-22(12-14-33)16-21-6-2-1-3-7-21/h1-10,15,17,22,24,26H,11-14,16,18-20H2. The average Bonchev–Trinajstić information content (AvgIpc) is 3.56. The first-order valence-electron chi connectivity index (χ1n) is 12.6. The van der Waals surface area contributed by atoms with Crippen LogP contribution in [0.3, 0.4) is 0 Å². The van der Waals surface area contributed by atoms with Crippen molar-refractivity contribution in [3.8, 4) is 0 Å². The number of carbonyl (C=O) groups excluding carboxylic acids is 1. The number of alkyl halides is 3. The smallest absolute Gasteiger partial charge is 0.416 e. The zero-order valence-electron chi connectivity index (χ0n) is 20.2. The van der Waals surface area contributed by atoms with E-state index in [4.69, 9.17) is 4.42 Å². The molecule has 3 aromatic rings. The molecule has 2 saturated heterocycles. The molecule has 2 atom stereocenters. The molecule has 0 radical (unpaired) electrons. The van der Waals surface area contributed by atoms with E-state index in [9.17, 15) is 18.0 Å². The van der Waals surface area contributed by atoms with Crippen molar-refractivity contribution in [1.29, 1.82) is 0 Å². The van der Waals surface area contributed by atoms with Gasteiger partial charge in [0, 0.05) is 25.6 Å². The summed E-state index contributed by atoms with van der Waals surface area (Å²) in [4.78, 5) is 17.2. The summed E-state index contributed by atoms with van der Waals surface area (Å²) >= 11 is 0. The molecule has 3 heterocycles. The van der Waals surface area contributed by atoms with E-state index >= 15 is 0 Å². The maximum atomic E-state index is 13.4. The molecule has 0 N–H and O–H groups in total. The predicted molar refractivity (Wildman–Crippen MR) is 132 cm³/mol. The van der Waals surface area contributed by atoms with Crippen LogP contribution in [0.2, 0.25) is 0 Å². The molecule has 7 heteroatoms. The fraction of sp³-hybridized carbons (Fsp3) is 0.414. The van der Waals surface area contributed by atoms with E-state index in [1.807, 2.05) is 6.07 Å². The van der Waals surface area contributed by atoms with Crippen LogP contribution in [0.15, 0.2) is 77.4 Å². The van der Waals surface area contributed by atoms with Crippen LogP contribution < -0.4 is 0 Å². The molecule has 1 aromatic heterocycles. The topological polar surface area (TPSA) is 36.7 Å². The Kier molecular flexibility index (Phi) is 7.19. The number of furan rings is 1. The van der Waals surface area contributed by atoms with E-state index in [0.29, 0.717) is 24.6 Å². The summed E-state index contributed by atoms with van der Waals surface area (Å²) in [6.45, 7) is 3.59. The number of nitrogens with zero attached hydrogens (tertiary/aromatic N) is 2. The largest absolute Gasteiger partial charge is 0.459 e. The Morgan fingerprint density at radius 1 is 0.944 bits per heavy atom. The molecule has 1 amide bonds. The molecule has 0 spiro atoms. The lowest BCUT2D eigenvalue weighted by atomic mass is 9.86. The highest BCUT2D eigenvalue weighted by Gasteiger charge is 2.39. The minimum absolute atomic E-state index is 0.0538. The van der Waals surface area contributed by atoms with E-state index in [0.717, 1.165) is 45.0 Å². The number of hydrogen-bond donors (Lipinski definition) is 0. The van der Waals surface area contributed by atoms with Crippen molar-refractivity contribution in [2.24, 2.45) is 11.8 Å². The SMILES string of the molecule is O=C(c1ccco1)N1CC(CN2CCC(Cc3ccccc3)CC2)C(c2cccc(C(F)(F)F)c2)C1. The third kappa shape index (κ3) is 5.67. The van der Waals surface area contributed by atoms with Gasteiger partial charge < -0.3 is 14.2 Å². The summed E-state index contributed by atoms with van der Waals surface area (Å²) in [5, 5.41) is 0. The van der Waals surface area contributed by atoms with Gasteiger partial charge >= 0.3 is 6.18 Å². The Balaban J connectivity index is 1.28. The molecule has 2 aromatic carbocycles. The molecule has 0 saturated carbocycles. The molecule has 2 aliphatic heterocycles. The Morgan fingerprint density at radius 3 is 2.42 bits per heavy atom. The van der Waals surface area contributed by atoms with E-state index in [1.54, 1.807) is 23.1 Å². The Bertz CT molecular complexity index is 1140. The number of rotatable bonds is 6. The summed E-state index contributed by atoms with van der Waals surface area (Å²) in [5.74, 6) is 0.594. The molecular weight excluding hydrogens is 465 g/mol. The van der Waals surface area contributed by atoms with Crippen molar-refractivity contribution in [3.63, 3.8) is 0 Å². The van der Waals surface area contributed by atoms with Crippen molar-refractivity contribution in [3.05, 3.63) is 95.4 Å². The monoisotopic (exact) mass is 496 g/mol. The second-order valence-electron chi connectivity index (χ2n) is 10.1. The van der Waals surface area contributed by atoms with Crippen LogP contribution in [0.5, 0.6) is 0 Å². The second-order valence-corrected chi connectivity index (χ2v) is 10.1. The highest BCUT2D eigenvalue weighted by Crippen LogP contribution is 2.38. The Hall–Kier alpha value is -3.06. The van der Waals surface area contributed by atoms with Crippen LogP contribution in [0.25, 0.3) is 0 Å². The van der Waals surface area contributed by atoms with Crippen LogP contribution in [0, 0.1) is 11.8 Å².